The number of hydrogen-bond donors (Lipinski definition) is 0. The molecule has 0 amide bonds. The quantitative estimate of drug-likeness (QED) is 0.599. The van der Waals surface area contributed by atoms with Crippen LogP contribution in [0.2, 0.25) is 0 Å². The van der Waals surface area contributed by atoms with E-state index in [0.717, 1.165) is 11.3 Å². The van der Waals surface area contributed by atoms with Crippen molar-refractivity contribution in [3.63, 3.8) is 0 Å². The van der Waals surface area contributed by atoms with Gasteiger partial charge in [0, 0.05) is 6.42 Å². The van der Waals surface area contributed by atoms with Crippen LogP contribution in [-0.4, -0.2) is 11.3 Å². The molecule has 1 aliphatic carbocycles. The van der Waals surface area contributed by atoms with Crippen molar-refractivity contribution in [3.05, 3.63) is 30.0 Å². The van der Waals surface area contributed by atoms with Gasteiger partial charge in [-0.15, -0.1) is 0 Å². The molecule has 0 bridgehead atoms. The van der Waals surface area contributed by atoms with Gasteiger partial charge in [0.1, 0.15) is 0 Å². The summed E-state index contributed by atoms with van der Waals surface area (Å²) in [6, 6.07) is 0. The van der Waals surface area contributed by atoms with Crippen LogP contribution in [0.15, 0.2) is 23.5 Å². The highest BCUT2D eigenvalue weighted by Gasteiger charge is 2.35. The van der Waals surface area contributed by atoms with Crippen LogP contribution in [0.1, 0.15) is 39.5 Å². The van der Waals surface area contributed by atoms with Crippen LogP contribution in [-0.2, 0) is 0 Å². The fraction of sp³-hybridized carbons (Fsp3) is 0.615. The minimum atomic E-state index is 0.170. The highest BCUT2D eigenvalue weighted by Crippen LogP contribution is 2.64. The maximum atomic E-state index is 2.36. The molecule has 2 rings (SSSR count). The number of allylic oxidation sites excluding steroid dienone is 4. The summed E-state index contributed by atoms with van der Waals surface area (Å²) in [6.07, 6.45) is 14.8. The lowest BCUT2D eigenvalue weighted by atomic mass is 10.1. The van der Waals surface area contributed by atoms with Gasteiger partial charge in [-0.3, -0.25) is 0 Å². The SMILES string of the molecule is CCC1CCC(CC)P1C1=CC=C[CH]1. The van der Waals surface area contributed by atoms with E-state index in [0.29, 0.717) is 0 Å². The topological polar surface area (TPSA) is 0 Å². The lowest BCUT2D eigenvalue weighted by Crippen LogP contribution is -2.03. The van der Waals surface area contributed by atoms with Crippen LogP contribution in [0.25, 0.3) is 0 Å². The molecule has 1 radical (unpaired) electrons. The molecule has 0 nitrogen and oxygen atoms in total. The lowest BCUT2D eigenvalue weighted by molar-refractivity contribution is 0.696. The maximum absolute atomic E-state index is 2.36. The standard InChI is InChI=1S/C13H20P/c1-3-11-9-10-12(4-2)14(11)13-7-5-6-8-13/h5-8,11-12H,3-4,9-10H2,1-2H3. The Hall–Kier alpha value is -0.0900. The summed E-state index contributed by atoms with van der Waals surface area (Å²) < 4.78 is 0. The monoisotopic (exact) mass is 207 g/mol. The fourth-order valence-electron chi connectivity index (χ4n) is 2.72. The molecule has 1 saturated heterocycles. The first-order valence-electron chi connectivity index (χ1n) is 5.86. The molecule has 0 N–H and O–H groups in total. The van der Waals surface area contributed by atoms with Crippen molar-refractivity contribution in [1.82, 2.24) is 0 Å². The first-order valence-corrected chi connectivity index (χ1v) is 7.34. The van der Waals surface area contributed by atoms with Gasteiger partial charge in [0.25, 0.3) is 0 Å². The van der Waals surface area contributed by atoms with Gasteiger partial charge in [0.2, 0.25) is 0 Å². The molecule has 2 aliphatic rings. The van der Waals surface area contributed by atoms with Crippen molar-refractivity contribution in [2.45, 2.75) is 50.8 Å². The van der Waals surface area contributed by atoms with Crippen LogP contribution < -0.4 is 0 Å². The predicted octanol–water partition coefficient (Wildman–Crippen LogP) is 4.48. The molecule has 0 spiro atoms. The first kappa shape index (κ1) is 10.4. The molecule has 0 aromatic carbocycles. The molecular formula is C13H20P. The van der Waals surface area contributed by atoms with Crippen molar-refractivity contribution < 1.29 is 0 Å². The normalized spacial score (nSPS) is 36.4. The Morgan fingerprint density at radius 2 is 1.79 bits per heavy atom. The Kier molecular flexibility index (Phi) is 3.44. The molecule has 77 valence electrons. The number of hydrogen-bond acceptors (Lipinski definition) is 0. The van der Waals surface area contributed by atoms with Crippen LogP contribution in [0.4, 0.5) is 0 Å². The zero-order valence-corrected chi connectivity index (χ0v) is 10.1. The summed E-state index contributed by atoms with van der Waals surface area (Å²) in [5, 5.41) is 1.66. The molecule has 1 heterocycles. The molecular weight excluding hydrogens is 187 g/mol. The lowest BCUT2D eigenvalue weighted by Gasteiger charge is -2.25. The van der Waals surface area contributed by atoms with Crippen molar-refractivity contribution in [1.29, 1.82) is 0 Å². The van der Waals surface area contributed by atoms with Gasteiger partial charge in [-0.05, 0) is 42.3 Å². The second kappa shape index (κ2) is 4.62. The third kappa shape index (κ3) is 1.82. The molecule has 1 fully saturated rings. The Bertz CT molecular complexity index is 240. The van der Waals surface area contributed by atoms with E-state index in [2.05, 4.69) is 38.5 Å². The summed E-state index contributed by atoms with van der Waals surface area (Å²) in [6.45, 7) is 4.72. The predicted molar refractivity (Wildman–Crippen MR) is 65.8 cm³/mol. The first-order chi connectivity index (χ1) is 6.86. The van der Waals surface area contributed by atoms with Crippen molar-refractivity contribution in [2.24, 2.45) is 0 Å². The van der Waals surface area contributed by atoms with E-state index < -0.39 is 0 Å². The van der Waals surface area contributed by atoms with E-state index in [1.807, 2.05) is 0 Å². The minimum absolute atomic E-state index is 0.170. The van der Waals surface area contributed by atoms with E-state index in [4.69, 9.17) is 0 Å². The Balaban J connectivity index is 2.11. The van der Waals surface area contributed by atoms with Gasteiger partial charge >= 0.3 is 0 Å². The molecule has 0 aromatic heterocycles. The van der Waals surface area contributed by atoms with E-state index in [1.165, 1.54) is 25.7 Å². The Morgan fingerprint density at radius 1 is 1.14 bits per heavy atom. The summed E-state index contributed by atoms with van der Waals surface area (Å²) in [7, 11) is 0.170. The molecule has 14 heavy (non-hydrogen) atoms. The molecule has 0 saturated carbocycles. The van der Waals surface area contributed by atoms with E-state index in [1.54, 1.807) is 5.31 Å². The summed E-state index contributed by atoms with van der Waals surface area (Å²) in [5.74, 6) is 0. The van der Waals surface area contributed by atoms with Crippen molar-refractivity contribution >= 4 is 7.92 Å². The zero-order chi connectivity index (χ0) is 9.97. The van der Waals surface area contributed by atoms with Crippen LogP contribution >= 0.6 is 7.92 Å². The molecule has 2 unspecified atom stereocenters. The smallest absolute Gasteiger partial charge is 0.0130 e. The molecule has 1 heteroatoms. The summed E-state index contributed by atoms with van der Waals surface area (Å²) in [5.41, 5.74) is 2.02. The van der Waals surface area contributed by atoms with Crippen LogP contribution in [0.5, 0.6) is 0 Å². The zero-order valence-electron chi connectivity index (χ0n) is 9.24. The largest absolute Gasteiger partial charge is 0.0760 e. The maximum Gasteiger partial charge on any atom is 0.0130 e. The van der Waals surface area contributed by atoms with Gasteiger partial charge < -0.3 is 0 Å². The second-order valence-electron chi connectivity index (χ2n) is 4.25. The van der Waals surface area contributed by atoms with Crippen LogP contribution in [0.3, 0.4) is 0 Å². The average molecular weight is 207 g/mol. The minimum Gasteiger partial charge on any atom is -0.0760 e. The van der Waals surface area contributed by atoms with E-state index in [-0.39, 0.29) is 7.92 Å². The molecule has 1 aliphatic heterocycles. The van der Waals surface area contributed by atoms with Gasteiger partial charge in [-0.1, -0.05) is 40.0 Å². The van der Waals surface area contributed by atoms with Gasteiger partial charge in [0.05, 0.1) is 0 Å². The second-order valence-corrected chi connectivity index (χ2v) is 7.04. The average Bonchev–Trinajstić information content (AvgIpc) is 2.85. The van der Waals surface area contributed by atoms with Crippen molar-refractivity contribution in [3.8, 4) is 0 Å². The van der Waals surface area contributed by atoms with Gasteiger partial charge in [-0.2, -0.15) is 0 Å². The highest BCUT2D eigenvalue weighted by molar-refractivity contribution is 7.64. The summed E-state index contributed by atoms with van der Waals surface area (Å²) >= 11 is 0. The fourth-order valence-corrected chi connectivity index (χ4v) is 6.32. The van der Waals surface area contributed by atoms with E-state index in [9.17, 15) is 0 Å². The third-order valence-corrected chi connectivity index (χ3v) is 7.22. The van der Waals surface area contributed by atoms with Gasteiger partial charge in [-0.25, -0.2) is 0 Å². The van der Waals surface area contributed by atoms with Crippen LogP contribution in [0, 0.1) is 6.42 Å². The highest BCUT2D eigenvalue weighted by atomic mass is 31.1. The van der Waals surface area contributed by atoms with Gasteiger partial charge in [0.15, 0.2) is 0 Å². The van der Waals surface area contributed by atoms with Crippen molar-refractivity contribution in [2.75, 3.05) is 0 Å². The Labute approximate surface area is 89.2 Å². The molecule has 0 aromatic rings. The third-order valence-electron chi connectivity index (χ3n) is 3.51. The molecule has 2 atom stereocenters. The summed E-state index contributed by atoms with van der Waals surface area (Å²) in [4.78, 5) is 0. The number of rotatable bonds is 3. The Morgan fingerprint density at radius 3 is 2.21 bits per heavy atom. The van der Waals surface area contributed by atoms with E-state index >= 15 is 0 Å².